The number of aryl methyl sites for hydroxylation is 1. The van der Waals surface area contributed by atoms with Crippen LogP contribution in [0.3, 0.4) is 0 Å². The number of hydrogen-bond donors (Lipinski definition) is 0. The Bertz CT molecular complexity index is 1340. The zero-order valence-electron chi connectivity index (χ0n) is 17.5. The molecule has 0 unspecified atom stereocenters. The third-order valence-corrected chi connectivity index (χ3v) is 5.90. The van der Waals surface area contributed by atoms with Crippen molar-refractivity contribution >= 4 is 22.9 Å². The lowest BCUT2D eigenvalue weighted by Crippen LogP contribution is -2.27. The van der Waals surface area contributed by atoms with Crippen molar-refractivity contribution in [2.45, 2.75) is 32.9 Å². The number of Topliss-reactive ketones (excluding diaryl/α,β-unsaturated/α-hetero) is 1. The summed E-state index contributed by atoms with van der Waals surface area (Å²) in [6, 6.07) is 12.2. The van der Waals surface area contributed by atoms with Crippen LogP contribution in [0.15, 0.2) is 54.9 Å². The highest BCUT2D eigenvalue weighted by molar-refractivity contribution is 6.30. The Kier molecular flexibility index (Phi) is 5.54. The molecular weight excluding hydrogens is 439 g/mol. The Balaban J connectivity index is 1.94. The zero-order chi connectivity index (χ0) is 23.2. The molecule has 4 rings (SSSR count). The molecule has 0 spiro atoms. The van der Waals surface area contributed by atoms with E-state index in [1.54, 1.807) is 28.9 Å². The van der Waals surface area contributed by atoms with Gasteiger partial charge in [-0.25, -0.2) is 9.50 Å². The molecule has 0 amide bonds. The van der Waals surface area contributed by atoms with Gasteiger partial charge in [-0.05, 0) is 54.3 Å². The molecule has 164 valence electrons. The van der Waals surface area contributed by atoms with Crippen molar-refractivity contribution in [1.29, 1.82) is 0 Å². The van der Waals surface area contributed by atoms with Gasteiger partial charge in [-0.2, -0.15) is 18.3 Å². The van der Waals surface area contributed by atoms with Crippen LogP contribution in [0.1, 0.15) is 29.5 Å². The first-order chi connectivity index (χ1) is 15.1. The number of pyridine rings is 2. The second-order valence-corrected chi connectivity index (χ2v) is 8.10. The van der Waals surface area contributed by atoms with Crippen LogP contribution in [-0.2, 0) is 4.79 Å². The van der Waals surface area contributed by atoms with Crippen LogP contribution in [-0.4, -0.2) is 26.6 Å². The molecule has 0 saturated heterocycles. The summed E-state index contributed by atoms with van der Waals surface area (Å²) in [6.45, 7) is 5.06. The Morgan fingerprint density at radius 2 is 1.88 bits per heavy atom. The summed E-state index contributed by atoms with van der Waals surface area (Å²) in [5.41, 5.74) is 5.66. The average Bonchev–Trinajstić information content (AvgIpc) is 3.12. The van der Waals surface area contributed by atoms with Crippen molar-refractivity contribution in [2.24, 2.45) is 0 Å². The van der Waals surface area contributed by atoms with Gasteiger partial charge in [0.15, 0.2) is 0 Å². The van der Waals surface area contributed by atoms with Crippen LogP contribution in [0.25, 0.3) is 27.9 Å². The van der Waals surface area contributed by atoms with Crippen molar-refractivity contribution in [1.82, 2.24) is 14.6 Å². The monoisotopic (exact) mass is 457 g/mol. The first-order valence-electron chi connectivity index (χ1n) is 9.89. The summed E-state index contributed by atoms with van der Waals surface area (Å²) in [6.07, 6.45) is -1.42. The number of alkyl halides is 3. The van der Waals surface area contributed by atoms with Crippen LogP contribution in [0, 0.1) is 13.8 Å². The number of fused-ring (bicyclic) bond motifs is 1. The lowest BCUT2D eigenvalue weighted by Gasteiger charge is -2.14. The first kappa shape index (κ1) is 22.0. The third kappa shape index (κ3) is 3.88. The Hall–Kier alpha value is -3.19. The molecule has 0 bridgehead atoms. The van der Waals surface area contributed by atoms with Crippen molar-refractivity contribution in [3.63, 3.8) is 0 Å². The predicted octanol–water partition coefficient (Wildman–Crippen LogP) is 6.57. The standard InChI is InChI=1S/C24H19ClF3N3O/c1-13-7-8-19-20(18-9-10-29-23(25)15(18)3)21(30-31(19)12-13)17-6-4-5-16(11-17)14(2)22(32)24(26,27)28/h4-12,14H,1-3H3/t14-/m1/s1. The minimum Gasteiger partial charge on any atom is -0.289 e. The van der Waals surface area contributed by atoms with E-state index in [4.69, 9.17) is 16.7 Å². The molecule has 0 aliphatic carbocycles. The molecule has 0 radical (unpaired) electrons. The van der Waals surface area contributed by atoms with Gasteiger partial charge in [0.1, 0.15) is 10.8 Å². The minimum absolute atomic E-state index is 0.272. The van der Waals surface area contributed by atoms with Gasteiger partial charge in [-0.1, -0.05) is 42.8 Å². The Labute approximate surface area is 187 Å². The van der Waals surface area contributed by atoms with E-state index >= 15 is 0 Å². The van der Waals surface area contributed by atoms with Gasteiger partial charge in [-0.3, -0.25) is 4.79 Å². The molecule has 0 saturated carbocycles. The number of aromatic nitrogens is 3. The van der Waals surface area contributed by atoms with Gasteiger partial charge in [0.2, 0.25) is 5.78 Å². The van der Waals surface area contributed by atoms with E-state index < -0.39 is 17.9 Å². The summed E-state index contributed by atoms with van der Waals surface area (Å²) >= 11 is 6.27. The summed E-state index contributed by atoms with van der Waals surface area (Å²) in [4.78, 5) is 15.9. The first-order valence-corrected chi connectivity index (χ1v) is 10.3. The topological polar surface area (TPSA) is 47.3 Å². The number of nitrogens with zero attached hydrogens (tertiary/aromatic N) is 3. The fourth-order valence-corrected chi connectivity index (χ4v) is 3.91. The lowest BCUT2D eigenvalue weighted by atomic mass is 9.92. The van der Waals surface area contributed by atoms with E-state index in [-0.39, 0.29) is 5.56 Å². The summed E-state index contributed by atoms with van der Waals surface area (Å²) < 4.78 is 40.7. The van der Waals surface area contributed by atoms with Crippen molar-refractivity contribution < 1.29 is 18.0 Å². The summed E-state index contributed by atoms with van der Waals surface area (Å²) in [5, 5.41) is 5.09. The third-order valence-electron chi connectivity index (χ3n) is 5.52. The van der Waals surface area contributed by atoms with Crippen molar-refractivity contribution in [2.75, 3.05) is 0 Å². The normalized spacial score (nSPS) is 12.8. The molecular formula is C24H19ClF3N3O. The maximum Gasteiger partial charge on any atom is 0.450 e. The van der Waals surface area contributed by atoms with Gasteiger partial charge in [0.05, 0.1) is 5.52 Å². The second-order valence-electron chi connectivity index (χ2n) is 7.74. The molecule has 3 aromatic heterocycles. The summed E-state index contributed by atoms with van der Waals surface area (Å²) in [7, 11) is 0. The van der Waals surface area contributed by atoms with Crippen LogP contribution in [0.4, 0.5) is 13.2 Å². The van der Waals surface area contributed by atoms with Gasteiger partial charge < -0.3 is 0 Å². The molecule has 8 heteroatoms. The van der Waals surface area contributed by atoms with E-state index in [1.807, 2.05) is 38.2 Å². The molecule has 3 heterocycles. The number of halogens is 4. The van der Waals surface area contributed by atoms with E-state index in [9.17, 15) is 18.0 Å². The van der Waals surface area contributed by atoms with Gasteiger partial charge in [-0.15, -0.1) is 0 Å². The number of hydrogen-bond acceptors (Lipinski definition) is 3. The number of rotatable bonds is 4. The van der Waals surface area contributed by atoms with E-state index in [1.165, 1.54) is 13.0 Å². The fourth-order valence-electron chi connectivity index (χ4n) is 3.75. The molecule has 0 fully saturated rings. The largest absolute Gasteiger partial charge is 0.450 e. The zero-order valence-corrected chi connectivity index (χ0v) is 18.3. The molecule has 4 aromatic rings. The molecule has 0 N–H and O–H groups in total. The molecule has 0 aliphatic rings. The Morgan fingerprint density at radius 1 is 1.12 bits per heavy atom. The molecule has 1 aromatic carbocycles. The molecule has 4 nitrogen and oxygen atoms in total. The smallest absolute Gasteiger partial charge is 0.289 e. The van der Waals surface area contributed by atoms with E-state index in [0.717, 1.165) is 27.8 Å². The maximum absolute atomic E-state index is 13.0. The van der Waals surface area contributed by atoms with E-state index in [0.29, 0.717) is 16.4 Å². The highest BCUT2D eigenvalue weighted by Crippen LogP contribution is 2.39. The second kappa shape index (κ2) is 8.06. The van der Waals surface area contributed by atoms with Crippen LogP contribution in [0.2, 0.25) is 5.15 Å². The fraction of sp³-hybridized carbons (Fsp3) is 0.208. The quantitative estimate of drug-likeness (QED) is 0.326. The molecule has 1 atom stereocenters. The number of carbonyl (C=O) groups is 1. The minimum atomic E-state index is -4.90. The highest BCUT2D eigenvalue weighted by Gasteiger charge is 2.42. The SMILES string of the molecule is Cc1ccc2c(-c3ccnc(Cl)c3C)c(-c3cccc([C@@H](C)C(=O)C(F)(F)F)c3)nn2c1. The number of benzene rings is 1. The van der Waals surface area contributed by atoms with Crippen LogP contribution < -0.4 is 0 Å². The predicted molar refractivity (Wildman–Crippen MR) is 118 cm³/mol. The Morgan fingerprint density at radius 3 is 2.59 bits per heavy atom. The van der Waals surface area contributed by atoms with Gasteiger partial charge in [0.25, 0.3) is 0 Å². The molecule has 0 aliphatic heterocycles. The maximum atomic E-state index is 13.0. The van der Waals surface area contributed by atoms with Gasteiger partial charge >= 0.3 is 6.18 Å². The average molecular weight is 458 g/mol. The lowest BCUT2D eigenvalue weighted by molar-refractivity contribution is -0.172. The van der Waals surface area contributed by atoms with Gasteiger partial charge in [0, 0.05) is 29.4 Å². The van der Waals surface area contributed by atoms with E-state index in [2.05, 4.69) is 4.98 Å². The van der Waals surface area contributed by atoms with Crippen molar-refractivity contribution in [3.8, 4) is 22.4 Å². The van der Waals surface area contributed by atoms with Crippen LogP contribution >= 0.6 is 11.6 Å². The highest BCUT2D eigenvalue weighted by atomic mass is 35.5. The number of carbonyl (C=O) groups excluding carboxylic acids is 1. The number of ketones is 1. The van der Waals surface area contributed by atoms with Crippen molar-refractivity contribution in [3.05, 3.63) is 76.7 Å². The summed E-state index contributed by atoms with van der Waals surface area (Å²) in [5.74, 6) is -3.10. The van der Waals surface area contributed by atoms with Crippen LogP contribution in [0.5, 0.6) is 0 Å². The molecule has 32 heavy (non-hydrogen) atoms.